The van der Waals surface area contributed by atoms with Gasteiger partial charge in [-0.25, -0.2) is 9.79 Å². The fourth-order valence-electron chi connectivity index (χ4n) is 2.73. The minimum absolute atomic E-state index is 0.238. The van der Waals surface area contributed by atoms with E-state index in [4.69, 9.17) is 9.73 Å². The van der Waals surface area contributed by atoms with Gasteiger partial charge in [0, 0.05) is 39.8 Å². The third-order valence-corrected chi connectivity index (χ3v) is 5.16. The van der Waals surface area contributed by atoms with Gasteiger partial charge in [0.25, 0.3) is 0 Å². The molecule has 0 saturated carbocycles. The molecule has 1 N–H and O–H groups in total. The molecule has 10 heteroatoms. The zero-order chi connectivity index (χ0) is 19.6. The first-order valence-corrected chi connectivity index (χ1v) is 10.7. The number of aryl methyl sites for hydroxylation is 1. The molecule has 0 spiro atoms. The van der Waals surface area contributed by atoms with Gasteiger partial charge in [-0.2, -0.15) is 11.8 Å². The lowest BCUT2D eigenvalue weighted by Gasteiger charge is -2.36. The Hall–Kier alpha value is -1.97. The number of carbonyl (C=O) groups excluding carboxylic acids is 1. The summed E-state index contributed by atoms with van der Waals surface area (Å²) < 4.78 is 7.04. The molecule has 2 heterocycles. The first kappa shape index (κ1) is 21.3. The van der Waals surface area contributed by atoms with Crippen LogP contribution in [-0.2, 0) is 18.3 Å². The van der Waals surface area contributed by atoms with Crippen LogP contribution in [0.4, 0.5) is 4.79 Å². The van der Waals surface area contributed by atoms with Gasteiger partial charge in [0.1, 0.15) is 12.4 Å². The topological polar surface area (TPSA) is 87.9 Å². The van der Waals surface area contributed by atoms with Crippen molar-refractivity contribution in [1.82, 2.24) is 29.9 Å². The van der Waals surface area contributed by atoms with Crippen LogP contribution >= 0.6 is 11.8 Å². The highest BCUT2D eigenvalue weighted by molar-refractivity contribution is 7.98. The molecule has 0 bridgehead atoms. The Morgan fingerprint density at radius 1 is 1.26 bits per heavy atom. The van der Waals surface area contributed by atoms with Crippen molar-refractivity contribution in [2.45, 2.75) is 26.8 Å². The van der Waals surface area contributed by atoms with Crippen LogP contribution in [-0.4, -0.2) is 88.0 Å². The predicted octanol–water partition coefficient (Wildman–Crippen LogP) is 1.10. The maximum absolute atomic E-state index is 11.9. The highest BCUT2D eigenvalue weighted by Gasteiger charge is 2.23. The summed E-state index contributed by atoms with van der Waals surface area (Å²) in [6.07, 6.45) is 2.95. The smallest absolute Gasteiger partial charge is 0.409 e. The first-order valence-electron chi connectivity index (χ1n) is 9.35. The fourth-order valence-corrected chi connectivity index (χ4v) is 3.17. The molecule has 0 unspecified atom stereocenters. The quantitative estimate of drug-likeness (QED) is 0.419. The summed E-state index contributed by atoms with van der Waals surface area (Å²) in [6.45, 7) is 8.22. The minimum Gasteiger partial charge on any atom is -0.450 e. The maximum Gasteiger partial charge on any atom is 0.409 e. The summed E-state index contributed by atoms with van der Waals surface area (Å²) in [6, 6.07) is 0. The number of guanidine groups is 1. The molecular formula is C17H31N7O2S. The number of rotatable bonds is 7. The van der Waals surface area contributed by atoms with Crippen molar-refractivity contribution in [1.29, 1.82) is 0 Å². The average Bonchev–Trinajstić information content (AvgIpc) is 3.00. The van der Waals surface area contributed by atoms with E-state index in [0.29, 0.717) is 26.2 Å². The largest absolute Gasteiger partial charge is 0.450 e. The molecule has 0 aromatic carbocycles. The number of hydrogen-bond donors (Lipinski definition) is 1. The summed E-state index contributed by atoms with van der Waals surface area (Å²) in [7, 11) is 1.95. The average molecular weight is 398 g/mol. The van der Waals surface area contributed by atoms with Crippen molar-refractivity contribution in [2.75, 3.05) is 51.3 Å². The zero-order valence-electron chi connectivity index (χ0n) is 16.8. The van der Waals surface area contributed by atoms with Gasteiger partial charge in [-0.3, -0.25) is 0 Å². The van der Waals surface area contributed by atoms with Crippen molar-refractivity contribution in [3.8, 4) is 0 Å². The summed E-state index contributed by atoms with van der Waals surface area (Å²) >= 11 is 1.84. The fraction of sp³-hybridized carbons (Fsp3) is 0.765. The lowest BCUT2D eigenvalue weighted by atomic mass is 10.3. The standard InChI is InChI=1S/C17H31N7O2S/c1-5-26-17(25)24-10-8-23(9-11-24)16(18-7-6-12-27-4)19-13-15-21-20-14(2)22(15)3/h5-13H2,1-4H3,(H,18,19). The van der Waals surface area contributed by atoms with Gasteiger partial charge >= 0.3 is 6.09 Å². The first-order chi connectivity index (χ1) is 13.1. The Morgan fingerprint density at radius 2 is 1.96 bits per heavy atom. The SMILES string of the molecule is CCOC(=O)N1CCN(C(=NCc2nnc(C)n2C)NCCCSC)CC1. The molecule has 1 amide bonds. The molecule has 152 valence electrons. The molecular weight excluding hydrogens is 366 g/mol. The maximum atomic E-state index is 11.9. The van der Waals surface area contributed by atoms with Gasteiger partial charge in [0.05, 0.1) is 6.61 Å². The molecule has 1 aromatic heterocycles. The second-order valence-corrected chi connectivity index (χ2v) is 7.29. The van der Waals surface area contributed by atoms with E-state index in [-0.39, 0.29) is 6.09 Å². The minimum atomic E-state index is -0.238. The molecule has 1 saturated heterocycles. The van der Waals surface area contributed by atoms with Crippen molar-refractivity contribution < 1.29 is 9.53 Å². The number of nitrogens with one attached hydrogen (secondary N) is 1. The van der Waals surface area contributed by atoms with E-state index in [1.165, 1.54) is 0 Å². The van der Waals surface area contributed by atoms with E-state index in [2.05, 4.69) is 26.7 Å². The van der Waals surface area contributed by atoms with E-state index >= 15 is 0 Å². The van der Waals surface area contributed by atoms with Crippen LogP contribution in [0.3, 0.4) is 0 Å². The summed E-state index contributed by atoms with van der Waals surface area (Å²) in [5, 5.41) is 11.7. The third-order valence-electron chi connectivity index (χ3n) is 4.47. The van der Waals surface area contributed by atoms with Crippen molar-refractivity contribution >= 4 is 23.8 Å². The molecule has 1 aromatic rings. The summed E-state index contributed by atoms with van der Waals surface area (Å²) in [4.78, 5) is 20.6. The van der Waals surface area contributed by atoms with Crippen molar-refractivity contribution in [3.63, 3.8) is 0 Å². The van der Waals surface area contributed by atoms with Gasteiger partial charge in [0.2, 0.25) is 0 Å². The highest BCUT2D eigenvalue weighted by atomic mass is 32.2. The van der Waals surface area contributed by atoms with Gasteiger partial charge in [-0.15, -0.1) is 10.2 Å². The lowest BCUT2D eigenvalue weighted by Crippen LogP contribution is -2.54. The Morgan fingerprint density at radius 3 is 2.56 bits per heavy atom. The van der Waals surface area contributed by atoms with E-state index in [0.717, 1.165) is 49.4 Å². The molecule has 1 aliphatic heterocycles. The van der Waals surface area contributed by atoms with E-state index in [1.54, 1.807) is 4.90 Å². The highest BCUT2D eigenvalue weighted by Crippen LogP contribution is 2.06. The second kappa shape index (κ2) is 11.0. The summed E-state index contributed by atoms with van der Waals surface area (Å²) in [5.74, 6) is 3.68. The number of piperazine rings is 1. The van der Waals surface area contributed by atoms with Crippen molar-refractivity contribution in [3.05, 3.63) is 11.6 Å². The number of amides is 1. The van der Waals surface area contributed by atoms with Crippen LogP contribution in [0, 0.1) is 6.92 Å². The molecule has 27 heavy (non-hydrogen) atoms. The number of hydrogen-bond acceptors (Lipinski definition) is 6. The van der Waals surface area contributed by atoms with Gasteiger partial charge in [-0.05, 0) is 32.3 Å². The number of nitrogens with zero attached hydrogens (tertiary/aromatic N) is 6. The number of ether oxygens (including phenoxy) is 1. The molecule has 9 nitrogen and oxygen atoms in total. The third kappa shape index (κ3) is 6.30. The van der Waals surface area contributed by atoms with E-state index in [9.17, 15) is 4.79 Å². The number of aliphatic imine (C=N–C) groups is 1. The van der Waals surface area contributed by atoms with Crippen LogP contribution in [0.1, 0.15) is 25.0 Å². The van der Waals surface area contributed by atoms with Crippen LogP contribution in [0.25, 0.3) is 0 Å². The number of thioether (sulfide) groups is 1. The molecule has 1 aliphatic rings. The van der Waals surface area contributed by atoms with Crippen LogP contribution < -0.4 is 5.32 Å². The summed E-state index contributed by atoms with van der Waals surface area (Å²) in [5.41, 5.74) is 0. The molecule has 1 fully saturated rings. The number of carbonyl (C=O) groups is 1. The molecule has 0 radical (unpaired) electrons. The Labute approximate surface area is 165 Å². The Balaban J connectivity index is 1.98. The molecule has 2 rings (SSSR count). The van der Waals surface area contributed by atoms with Gasteiger partial charge < -0.3 is 24.4 Å². The number of aromatic nitrogens is 3. The van der Waals surface area contributed by atoms with Crippen LogP contribution in [0.2, 0.25) is 0 Å². The predicted molar refractivity (Wildman–Crippen MR) is 108 cm³/mol. The van der Waals surface area contributed by atoms with Crippen LogP contribution in [0.15, 0.2) is 4.99 Å². The van der Waals surface area contributed by atoms with Gasteiger partial charge in [0.15, 0.2) is 11.8 Å². The second-order valence-electron chi connectivity index (χ2n) is 6.31. The van der Waals surface area contributed by atoms with E-state index in [1.807, 2.05) is 37.2 Å². The zero-order valence-corrected chi connectivity index (χ0v) is 17.6. The molecule has 0 aliphatic carbocycles. The van der Waals surface area contributed by atoms with E-state index < -0.39 is 0 Å². The van der Waals surface area contributed by atoms with Crippen molar-refractivity contribution in [2.24, 2.45) is 12.0 Å². The molecule has 0 atom stereocenters. The monoisotopic (exact) mass is 397 g/mol. The normalized spacial score (nSPS) is 15.2. The Bertz CT molecular complexity index is 627. The Kier molecular flexibility index (Phi) is 8.70. The lowest BCUT2D eigenvalue weighted by molar-refractivity contribution is 0.0914. The van der Waals surface area contributed by atoms with Gasteiger partial charge in [-0.1, -0.05) is 0 Å². The van der Waals surface area contributed by atoms with Crippen LogP contribution in [0.5, 0.6) is 0 Å².